The Morgan fingerprint density at radius 2 is 0.355 bits per heavy atom. The van der Waals surface area contributed by atoms with E-state index in [4.69, 9.17) is 13.1 Å². The topological polar surface area (TPSA) is 8.72 Å². The standard InChI is InChI=1S/C20H31N.2C19H31F.C19H29N.C19H32.C18H29F.C18H30.CH4/c1-9-19(6,10-2)16-13-15(5)18(17(14-16)21-8)20(7,11-3)12-4;2*1-8-18(6,9-2)15-12-14(5)17(16(20)13-15)19(7,10-3)11-4;1-8-18(5,9-2)15-12-13-16(17(14-15)20-7)19(6,10-3)11-4;1-8-18(6,9-2)16-12-13-17(15(5)14-16)19(7,10-3)11-4;1-7-17(5,8-2)14-11-12-15(16(19)13-14)18(6,9-3)10-4;1-7-17(5,8-2)15-11-13-16(14-12-15)18(6,9-3)10-4;/h13-14H,9-12H2,1-7H3;2*12-13H,8-11H2,1-7H3;12-14H,8-11H2,1-6H3;12-14H,8-11H2,1-7H3;11-13H,7-10H2,1-6H3;11-14H,7-10H2,1-6H3;1H4. The molecule has 0 unspecified atom stereocenters. The number of hydrogen-bond acceptors (Lipinski definition) is 0. The Hall–Kier alpha value is -6.69. The van der Waals surface area contributed by atoms with Gasteiger partial charge in [0.2, 0.25) is 0 Å². The lowest BCUT2D eigenvalue weighted by molar-refractivity contribution is 0.405. The molecule has 0 N–H and O–H groups in total. The van der Waals surface area contributed by atoms with E-state index in [1.807, 2.05) is 6.07 Å². The maximum atomic E-state index is 14.8. The average molecular weight is 1900 g/mol. The Bertz CT molecular complexity index is 4530. The molecule has 780 valence electrons. The zero-order valence-corrected chi connectivity index (χ0v) is 98.3. The first-order valence-corrected chi connectivity index (χ1v) is 55.7. The van der Waals surface area contributed by atoms with Crippen LogP contribution in [0.3, 0.4) is 0 Å². The van der Waals surface area contributed by atoms with E-state index < -0.39 is 0 Å². The van der Waals surface area contributed by atoms with Crippen LogP contribution in [0.15, 0.2) is 115 Å². The number of nitrogens with zero attached hydrogens (tertiary/aromatic N) is 2. The molecule has 7 rings (SSSR count). The summed E-state index contributed by atoms with van der Waals surface area (Å²) in [5, 5.41) is 0. The van der Waals surface area contributed by atoms with Crippen LogP contribution in [0.4, 0.5) is 24.5 Å². The van der Waals surface area contributed by atoms with Crippen LogP contribution >= 0.6 is 0 Å². The molecule has 0 bridgehead atoms. The van der Waals surface area contributed by atoms with Crippen molar-refractivity contribution in [3.8, 4) is 0 Å². The molecule has 7 aromatic carbocycles. The van der Waals surface area contributed by atoms with E-state index in [-0.39, 0.29) is 79.0 Å². The van der Waals surface area contributed by atoms with Crippen molar-refractivity contribution in [2.24, 2.45) is 0 Å². The zero-order valence-electron chi connectivity index (χ0n) is 98.3. The Labute approximate surface area is 856 Å². The van der Waals surface area contributed by atoms with Crippen LogP contribution in [0.2, 0.25) is 0 Å². The maximum Gasteiger partial charge on any atom is 0.191 e. The van der Waals surface area contributed by atoms with Crippen molar-refractivity contribution in [1.82, 2.24) is 0 Å². The molecule has 0 fully saturated rings. The van der Waals surface area contributed by atoms with Gasteiger partial charge in [-0.1, -0.05) is 412 Å². The van der Waals surface area contributed by atoms with Gasteiger partial charge < -0.3 is 0 Å². The first-order valence-electron chi connectivity index (χ1n) is 55.7. The van der Waals surface area contributed by atoms with Crippen LogP contribution in [0.1, 0.15) is 578 Å². The van der Waals surface area contributed by atoms with Crippen molar-refractivity contribution in [1.29, 1.82) is 0 Å². The fourth-order valence-electron chi connectivity index (χ4n) is 20.6. The smallest absolute Gasteiger partial charge is 0.191 e. The summed E-state index contributed by atoms with van der Waals surface area (Å²) in [4.78, 5) is 7.71. The van der Waals surface area contributed by atoms with Gasteiger partial charge in [0, 0.05) is 0 Å². The summed E-state index contributed by atoms with van der Waals surface area (Å²) in [5.41, 5.74) is 26.0. The average Bonchev–Trinajstić information content (AvgIpc) is 0.806. The minimum Gasteiger partial charge on any atom is -0.238 e. The van der Waals surface area contributed by atoms with Gasteiger partial charge in [-0.25, -0.2) is 22.9 Å². The van der Waals surface area contributed by atoms with E-state index in [9.17, 15) is 13.2 Å². The Morgan fingerprint density at radius 1 is 0.181 bits per heavy atom. The normalized spacial score (nSPS) is 12.5. The van der Waals surface area contributed by atoms with Crippen molar-refractivity contribution in [3.63, 3.8) is 0 Å². The molecule has 0 radical (unpaired) electrons. The first kappa shape index (κ1) is 131. The lowest BCUT2D eigenvalue weighted by Gasteiger charge is -2.34. The minimum absolute atomic E-state index is 0. The molecule has 0 atom stereocenters. The second-order valence-electron chi connectivity index (χ2n) is 45.5. The van der Waals surface area contributed by atoms with E-state index in [2.05, 4.69) is 419 Å². The molecule has 0 aliphatic rings. The molecule has 0 spiro atoms. The van der Waals surface area contributed by atoms with Gasteiger partial charge in [-0.3, -0.25) is 0 Å². The molecule has 0 aliphatic carbocycles. The van der Waals surface area contributed by atoms with Crippen molar-refractivity contribution in [2.45, 2.75) is 582 Å². The van der Waals surface area contributed by atoms with Crippen molar-refractivity contribution < 1.29 is 13.2 Å². The molecule has 0 amide bonds. The van der Waals surface area contributed by atoms with Crippen LogP contribution in [0.25, 0.3) is 9.69 Å². The van der Waals surface area contributed by atoms with Crippen LogP contribution in [-0.4, -0.2) is 0 Å². The molecule has 2 nitrogen and oxygen atoms in total. The van der Waals surface area contributed by atoms with Gasteiger partial charge in [-0.05, 0) is 385 Å². The van der Waals surface area contributed by atoms with Crippen LogP contribution in [0.5, 0.6) is 0 Å². The highest BCUT2D eigenvalue weighted by atomic mass is 19.1. The maximum absolute atomic E-state index is 14.8. The van der Waals surface area contributed by atoms with E-state index >= 15 is 0 Å². The van der Waals surface area contributed by atoms with Crippen LogP contribution in [-0.2, 0) is 75.8 Å². The molecular formula is C133H217F3N2. The summed E-state index contributed by atoms with van der Waals surface area (Å²) in [6.07, 6.45) is 30.5. The van der Waals surface area contributed by atoms with E-state index in [1.165, 1.54) is 107 Å². The molecule has 138 heavy (non-hydrogen) atoms. The van der Waals surface area contributed by atoms with E-state index in [0.29, 0.717) is 21.7 Å². The molecular weight excluding hydrogens is 1680 g/mol. The molecule has 0 aliphatic heterocycles. The Morgan fingerprint density at radius 3 is 0.601 bits per heavy atom. The summed E-state index contributed by atoms with van der Waals surface area (Å²) < 4.78 is 44.1. The number of benzene rings is 7. The van der Waals surface area contributed by atoms with E-state index in [0.717, 1.165) is 184 Å². The van der Waals surface area contributed by atoms with E-state index in [1.54, 1.807) is 18.2 Å². The summed E-state index contributed by atoms with van der Waals surface area (Å²) >= 11 is 0. The third kappa shape index (κ3) is 30.9. The molecule has 7 aromatic rings. The third-order valence-electron chi connectivity index (χ3n) is 39.4. The predicted octanol–water partition coefficient (Wildman–Crippen LogP) is 44.3. The molecule has 0 saturated carbocycles. The fourth-order valence-corrected chi connectivity index (χ4v) is 20.6. The monoisotopic (exact) mass is 1900 g/mol. The molecule has 0 heterocycles. The van der Waals surface area contributed by atoms with Gasteiger partial charge in [-0.15, -0.1) is 0 Å². The molecule has 5 heteroatoms. The number of aryl methyl sites for hydroxylation is 4. The van der Waals surface area contributed by atoms with Crippen LogP contribution < -0.4 is 0 Å². The summed E-state index contributed by atoms with van der Waals surface area (Å²) in [7, 11) is 0. The van der Waals surface area contributed by atoms with Gasteiger partial charge in [0.1, 0.15) is 17.5 Å². The summed E-state index contributed by atoms with van der Waals surface area (Å²) in [6.45, 7) is 118. The fraction of sp³-hybridized carbons (Fsp3) is 0.669. The Balaban J connectivity index is 0.00000159. The Kier molecular flexibility index (Phi) is 54.4. The lowest BCUT2D eigenvalue weighted by Crippen LogP contribution is -2.25. The van der Waals surface area contributed by atoms with Crippen molar-refractivity contribution >= 4 is 11.4 Å². The number of rotatable bonds is 42. The van der Waals surface area contributed by atoms with Crippen molar-refractivity contribution in [3.05, 3.63) is 256 Å². The lowest BCUT2D eigenvalue weighted by atomic mass is 9.71. The van der Waals surface area contributed by atoms with Gasteiger partial charge in [0.15, 0.2) is 11.4 Å². The minimum atomic E-state index is -0.0540. The third-order valence-corrected chi connectivity index (χ3v) is 39.4. The predicted molar refractivity (Wildman–Crippen MR) is 614 cm³/mol. The largest absolute Gasteiger partial charge is 0.238 e. The summed E-state index contributed by atoms with van der Waals surface area (Å²) in [5.74, 6) is -0.0597. The number of halogens is 3. The highest BCUT2D eigenvalue weighted by Crippen LogP contribution is 2.49. The summed E-state index contributed by atoms with van der Waals surface area (Å²) in [6, 6.07) is 41.6. The van der Waals surface area contributed by atoms with Crippen molar-refractivity contribution in [2.75, 3.05) is 0 Å². The SMILES string of the molecule is C.CCC(C)(CC)c1cc(C)c(C(C)(CC)CC)c(F)c1.CCC(C)(CC)c1cc(C)c(C(C)(CC)CC)c(F)c1.CCC(C)(CC)c1ccc(C(C)(CC)CC)c(C)c1.CCC(C)(CC)c1ccc(C(C)(CC)CC)c(F)c1.CCC(C)(CC)c1ccc(C(C)(CC)CC)cc1.[C-]#[N+]c1cc(C(C)(CC)CC)cc(C)c1C(C)(CC)CC.[C-]#[N+]c1cc(C(C)(CC)CC)ccc1C(C)(CC)CC. The first-order chi connectivity index (χ1) is 63.9. The second kappa shape index (κ2) is 57.1. The highest BCUT2D eigenvalue weighted by molar-refractivity contribution is 5.62. The quantitative estimate of drug-likeness (QED) is 0.0337. The number of hydrogen-bond donors (Lipinski definition) is 0. The molecule has 0 saturated heterocycles. The van der Waals surface area contributed by atoms with Gasteiger partial charge >= 0.3 is 0 Å². The van der Waals surface area contributed by atoms with Crippen LogP contribution in [0, 0.1) is 58.3 Å². The van der Waals surface area contributed by atoms with Gasteiger partial charge in [-0.2, -0.15) is 0 Å². The van der Waals surface area contributed by atoms with Gasteiger partial charge in [0.05, 0.1) is 13.1 Å². The zero-order chi connectivity index (χ0) is 106. The molecule has 0 aromatic heterocycles. The second-order valence-corrected chi connectivity index (χ2v) is 45.5. The highest BCUT2D eigenvalue weighted by Gasteiger charge is 2.38. The van der Waals surface area contributed by atoms with Gasteiger partial charge in [0.25, 0.3) is 0 Å².